The molecule has 2 unspecified atom stereocenters. The van der Waals surface area contributed by atoms with Gasteiger partial charge in [0.25, 0.3) is 0 Å². The fourth-order valence-electron chi connectivity index (χ4n) is 6.02. The minimum absolute atomic E-state index is 0.0532. The lowest BCUT2D eigenvalue weighted by Crippen LogP contribution is -2.37. The third-order valence-electron chi connectivity index (χ3n) is 8.33. The molecule has 0 radical (unpaired) electrons. The van der Waals surface area contributed by atoms with Gasteiger partial charge in [0.2, 0.25) is 0 Å². The van der Waals surface area contributed by atoms with Gasteiger partial charge in [-0.15, -0.1) is 0 Å². The minimum Gasteiger partial charge on any atom is -0.371 e. The van der Waals surface area contributed by atoms with Gasteiger partial charge in [-0.3, -0.25) is 0 Å². The number of nitrogens with one attached hydrogen (secondary N) is 2. The van der Waals surface area contributed by atoms with Gasteiger partial charge < -0.3 is 10.6 Å². The van der Waals surface area contributed by atoms with Crippen molar-refractivity contribution in [1.29, 1.82) is 0 Å². The number of hydrogen-bond donors (Lipinski definition) is 2. The normalized spacial score (nSPS) is 18.5. The van der Waals surface area contributed by atoms with E-state index in [9.17, 15) is 0 Å². The van der Waals surface area contributed by atoms with Crippen molar-refractivity contribution in [3.8, 4) is 11.1 Å². The van der Waals surface area contributed by atoms with Crippen LogP contribution in [-0.4, -0.2) is 23.4 Å². The molecule has 46 heavy (non-hydrogen) atoms. The van der Waals surface area contributed by atoms with Crippen LogP contribution in [-0.2, 0) is 0 Å². The second-order valence-electron chi connectivity index (χ2n) is 11.4. The molecule has 0 amide bonds. The fourth-order valence-corrected chi connectivity index (χ4v) is 6.02. The molecular weight excluding hydrogens is 562 g/mol. The van der Waals surface area contributed by atoms with E-state index in [0.29, 0.717) is 5.84 Å². The van der Waals surface area contributed by atoms with Crippen molar-refractivity contribution in [2.75, 3.05) is 0 Å². The van der Waals surface area contributed by atoms with Crippen LogP contribution in [0.3, 0.4) is 0 Å². The molecule has 0 spiro atoms. The Labute approximate surface area is 268 Å². The molecule has 5 aromatic rings. The molecule has 2 aliphatic heterocycles. The molecule has 2 heterocycles. The molecule has 5 nitrogen and oxygen atoms in total. The highest BCUT2D eigenvalue weighted by Gasteiger charge is 2.25. The summed E-state index contributed by atoms with van der Waals surface area (Å²) >= 11 is 0. The van der Waals surface area contributed by atoms with E-state index in [2.05, 4.69) is 126 Å². The lowest BCUT2D eigenvalue weighted by atomic mass is 9.95. The number of hydrogen-bond acceptors (Lipinski definition) is 5. The van der Waals surface area contributed by atoms with E-state index in [1.807, 2.05) is 48.5 Å². The summed E-state index contributed by atoms with van der Waals surface area (Å²) in [4.78, 5) is 15.2. The number of benzene rings is 5. The molecular formula is C41H31N5. The lowest BCUT2D eigenvalue weighted by Gasteiger charge is -2.28. The highest BCUT2D eigenvalue weighted by Crippen LogP contribution is 2.34. The Morgan fingerprint density at radius 2 is 1.13 bits per heavy atom. The fraction of sp³-hybridized carbons (Fsp3) is 0.0488. The third kappa shape index (κ3) is 5.51. The molecule has 1 aliphatic carbocycles. The number of rotatable bonds is 6. The van der Waals surface area contributed by atoms with Gasteiger partial charge in [-0.05, 0) is 40.5 Å². The van der Waals surface area contributed by atoms with Gasteiger partial charge >= 0.3 is 0 Å². The van der Waals surface area contributed by atoms with Crippen LogP contribution in [0.4, 0.5) is 0 Å². The average Bonchev–Trinajstić information content (AvgIpc) is 3.15. The van der Waals surface area contributed by atoms with Crippen LogP contribution in [0, 0.1) is 0 Å². The van der Waals surface area contributed by atoms with Gasteiger partial charge in [-0.1, -0.05) is 146 Å². The van der Waals surface area contributed by atoms with Gasteiger partial charge in [-0.2, -0.15) is 0 Å². The second kappa shape index (κ2) is 12.1. The van der Waals surface area contributed by atoms with Crippen molar-refractivity contribution in [1.82, 2.24) is 10.6 Å². The zero-order valence-electron chi connectivity index (χ0n) is 25.1. The Bertz CT molecular complexity index is 2090. The second-order valence-corrected chi connectivity index (χ2v) is 11.4. The largest absolute Gasteiger partial charge is 0.371 e. The van der Waals surface area contributed by atoms with Crippen LogP contribution >= 0.6 is 0 Å². The van der Waals surface area contributed by atoms with Crippen molar-refractivity contribution in [2.45, 2.75) is 12.2 Å². The highest BCUT2D eigenvalue weighted by molar-refractivity contribution is 6.13. The average molecular weight is 594 g/mol. The molecule has 2 atom stereocenters. The standard InChI is InChI=1S/C41H31N5/c1-4-14-28(15-5-1)37-38(43-36-25-11-10-24-35(36)42-37)33-22-12-20-31(26-33)32-21-13-23-34(27-32)41-45-39(29-16-6-2-7-17-29)44-40(46-41)30-18-8-3-9-19-30/h1-27,35,41-42H,(H,44,45,46). The molecule has 0 saturated heterocycles. The summed E-state index contributed by atoms with van der Waals surface area (Å²) in [5.41, 5.74) is 10.4. The molecule has 220 valence electrons. The molecule has 5 aromatic carbocycles. The van der Waals surface area contributed by atoms with Gasteiger partial charge in [0, 0.05) is 16.7 Å². The first-order chi connectivity index (χ1) is 22.8. The minimum atomic E-state index is -0.296. The monoisotopic (exact) mass is 593 g/mol. The van der Waals surface area contributed by atoms with Gasteiger partial charge in [0.1, 0.15) is 12.0 Å². The first-order valence-electron chi connectivity index (χ1n) is 15.5. The first kappa shape index (κ1) is 27.5. The summed E-state index contributed by atoms with van der Waals surface area (Å²) in [6.45, 7) is 0. The van der Waals surface area contributed by atoms with E-state index < -0.39 is 0 Å². The Kier molecular flexibility index (Phi) is 7.25. The van der Waals surface area contributed by atoms with Crippen LogP contribution in [0.15, 0.2) is 179 Å². The van der Waals surface area contributed by atoms with Crippen molar-refractivity contribution in [3.63, 3.8) is 0 Å². The Balaban J connectivity index is 1.17. The molecule has 8 rings (SSSR count). The molecule has 5 heteroatoms. The van der Waals surface area contributed by atoms with Crippen molar-refractivity contribution in [2.24, 2.45) is 15.0 Å². The van der Waals surface area contributed by atoms with Gasteiger partial charge in [0.15, 0.2) is 5.84 Å². The molecule has 3 aliphatic rings. The van der Waals surface area contributed by atoms with Crippen molar-refractivity contribution in [3.05, 3.63) is 192 Å². The first-order valence-corrected chi connectivity index (χ1v) is 15.5. The number of amidine groups is 2. The van der Waals surface area contributed by atoms with E-state index in [1.165, 1.54) is 0 Å². The zero-order chi connectivity index (χ0) is 30.7. The van der Waals surface area contributed by atoms with E-state index in [1.54, 1.807) is 0 Å². The maximum absolute atomic E-state index is 5.19. The predicted octanol–water partition coefficient (Wildman–Crippen LogP) is 8.21. The smallest absolute Gasteiger partial charge is 0.159 e. The maximum Gasteiger partial charge on any atom is 0.159 e. The van der Waals surface area contributed by atoms with Crippen molar-refractivity contribution >= 4 is 28.8 Å². The van der Waals surface area contributed by atoms with E-state index in [0.717, 1.165) is 61.9 Å². The Morgan fingerprint density at radius 1 is 0.500 bits per heavy atom. The number of nitrogens with zero attached hydrogens (tertiary/aromatic N) is 3. The number of fused-ring (bicyclic) bond motifs is 1. The van der Waals surface area contributed by atoms with Crippen molar-refractivity contribution < 1.29 is 0 Å². The highest BCUT2D eigenvalue weighted by atomic mass is 15.2. The molecule has 0 fully saturated rings. The Morgan fingerprint density at radius 3 is 1.89 bits per heavy atom. The summed E-state index contributed by atoms with van der Waals surface area (Å²) in [6.07, 6.45) is 8.06. The van der Waals surface area contributed by atoms with E-state index in [-0.39, 0.29) is 12.2 Å². The van der Waals surface area contributed by atoms with Crippen LogP contribution in [0.2, 0.25) is 0 Å². The number of aliphatic imine (C=N–C) groups is 3. The van der Waals surface area contributed by atoms with E-state index in [4.69, 9.17) is 15.0 Å². The van der Waals surface area contributed by atoms with Crippen LogP contribution in [0.5, 0.6) is 0 Å². The van der Waals surface area contributed by atoms with Crippen LogP contribution in [0.25, 0.3) is 22.5 Å². The topological polar surface area (TPSA) is 61.1 Å². The predicted molar refractivity (Wildman–Crippen MR) is 190 cm³/mol. The quantitative estimate of drug-likeness (QED) is 0.208. The van der Waals surface area contributed by atoms with Gasteiger partial charge in [-0.25, -0.2) is 15.0 Å². The summed E-state index contributed by atoms with van der Waals surface area (Å²) in [5, 5.41) is 7.34. The zero-order valence-corrected chi connectivity index (χ0v) is 25.1. The lowest BCUT2D eigenvalue weighted by molar-refractivity contribution is 0.674. The van der Waals surface area contributed by atoms with Crippen LogP contribution < -0.4 is 10.6 Å². The van der Waals surface area contributed by atoms with Crippen LogP contribution in [0.1, 0.15) is 34.0 Å². The number of allylic oxidation sites excluding steroid dienone is 2. The summed E-state index contributed by atoms with van der Waals surface area (Å²) in [6, 6.07) is 48.1. The Hall–Kier alpha value is -6.07. The summed E-state index contributed by atoms with van der Waals surface area (Å²) in [7, 11) is 0. The van der Waals surface area contributed by atoms with Gasteiger partial charge in [0.05, 0.1) is 23.1 Å². The molecule has 0 aromatic heterocycles. The molecule has 0 saturated carbocycles. The third-order valence-corrected chi connectivity index (χ3v) is 8.33. The summed E-state index contributed by atoms with van der Waals surface area (Å²) in [5.74, 6) is 1.52. The SMILES string of the molecule is C1=CC2=NC(c3cccc(-c4cccc(C5N=C(c6ccccc6)N=C(c6ccccc6)N5)c4)c3)=C(c3ccccc3)NC2C=C1. The van der Waals surface area contributed by atoms with E-state index >= 15 is 0 Å². The summed E-state index contributed by atoms with van der Waals surface area (Å²) < 4.78 is 0. The molecule has 2 N–H and O–H groups in total. The maximum atomic E-state index is 5.19. The molecule has 0 bridgehead atoms.